The molecule has 0 unspecified atom stereocenters. The minimum Gasteiger partial charge on any atom is -0.379 e. The van der Waals surface area contributed by atoms with Crippen LogP contribution in [-0.4, -0.2) is 72.2 Å². The molecule has 3 aliphatic heterocycles. The van der Waals surface area contributed by atoms with Crippen molar-refractivity contribution in [2.75, 3.05) is 51.8 Å². The fraction of sp³-hybridized carbons (Fsp3) is 0.458. The summed E-state index contributed by atoms with van der Waals surface area (Å²) in [5, 5.41) is 5.97. The molecule has 1 saturated heterocycles. The third kappa shape index (κ3) is 4.71. The smallest absolute Gasteiger partial charge is 0.222 e. The number of hydrogen-bond acceptors (Lipinski definition) is 8. The zero-order chi connectivity index (χ0) is 22.8. The number of hydrogen-bond donors (Lipinski definition) is 2. The van der Waals surface area contributed by atoms with Gasteiger partial charge in [0.05, 0.1) is 24.6 Å². The van der Waals surface area contributed by atoms with Crippen molar-refractivity contribution in [1.82, 2.24) is 19.5 Å². The number of rotatable bonds is 6. The number of nitrogens with zero attached hydrogens (tertiary/aromatic N) is 4. The van der Waals surface area contributed by atoms with Crippen LogP contribution >= 0.6 is 11.9 Å². The fourth-order valence-electron chi connectivity index (χ4n) is 4.65. The molecule has 1 fully saturated rings. The van der Waals surface area contributed by atoms with Crippen LogP contribution in [-0.2, 0) is 9.53 Å². The normalized spacial score (nSPS) is 20.8. The van der Waals surface area contributed by atoms with Gasteiger partial charge in [0, 0.05) is 62.4 Å². The highest BCUT2D eigenvalue weighted by molar-refractivity contribution is 8.06. The maximum atomic E-state index is 11.6. The van der Waals surface area contributed by atoms with E-state index in [9.17, 15) is 4.79 Å². The number of carbonyl (C=O) groups is 1. The van der Waals surface area contributed by atoms with E-state index in [4.69, 9.17) is 9.73 Å². The van der Waals surface area contributed by atoms with Crippen LogP contribution in [0.15, 0.2) is 52.1 Å². The van der Waals surface area contributed by atoms with Crippen LogP contribution in [0.5, 0.6) is 0 Å². The van der Waals surface area contributed by atoms with E-state index in [2.05, 4.69) is 30.9 Å². The third-order valence-electron chi connectivity index (χ3n) is 6.26. The second kappa shape index (κ2) is 9.70. The lowest BCUT2D eigenvalue weighted by molar-refractivity contribution is -0.118. The van der Waals surface area contributed by atoms with Gasteiger partial charge in [-0.2, -0.15) is 0 Å². The van der Waals surface area contributed by atoms with Gasteiger partial charge in [-0.15, -0.1) is 0 Å². The van der Waals surface area contributed by atoms with E-state index in [0.29, 0.717) is 5.82 Å². The number of ether oxygens (including phenoxy) is 1. The summed E-state index contributed by atoms with van der Waals surface area (Å²) in [7, 11) is 1.88. The van der Waals surface area contributed by atoms with E-state index >= 15 is 0 Å². The van der Waals surface area contributed by atoms with Crippen molar-refractivity contribution in [3.05, 3.63) is 52.6 Å². The molecule has 174 valence electrons. The molecule has 0 atom stereocenters. The van der Waals surface area contributed by atoms with Crippen LogP contribution < -0.4 is 10.6 Å². The third-order valence-corrected chi connectivity index (χ3v) is 7.51. The summed E-state index contributed by atoms with van der Waals surface area (Å²) in [6.45, 7) is 6.99. The maximum Gasteiger partial charge on any atom is 0.222 e. The molecule has 9 heteroatoms. The first kappa shape index (κ1) is 22.2. The molecule has 0 aromatic carbocycles. The van der Waals surface area contributed by atoms with Gasteiger partial charge in [-0.3, -0.25) is 9.69 Å². The highest BCUT2D eigenvalue weighted by Crippen LogP contribution is 2.51. The Labute approximate surface area is 199 Å². The number of aliphatic imine (C=N–C) groups is 1. The van der Waals surface area contributed by atoms with Crippen molar-refractivity contribution in [1.29, 1.82) is 0 Å². The van der Waals surface area contributed by atoms with E-state index in [1.807, 2.05) is 37.3 Å². The van der Waals surface area contributed by atoms with Crippen molar-refractivity contribution in [2.45, 2.75) is 26.2 Å². The number of nitrogens with one attached hydrogen (secondary N) is 2. The zero-order valence-electron chi connectivity index (χ0n) is 19.2. The largest absolute Gasteiger partial charge is 0.379 e. The minimum atomic E-state index is -0.0928. The molecule has 5 rings (SSSR count). The second-order valence-electron chi connectivity index (χ2n) is 8.52. The van der Waals surface area contributed by atoms with Gasteiger partial charge in [-0.25, -0.2) is 9.98 Å². The molecule has 0 saturated carbocycles. The van der Waals surface area contributed by atoms with Gasteiger partial charge < -0.3 is 19.7 Å². The molecule has 4 aliphatic rings. The van der Waals surface area contributed by atoms with E-state index < -0.39 is 0 Å². The molecule has 0 bridgehead atoms. The lowest BCUT2D eigenvalue weighted by atomic mass is 10.0. The Hall–Kier alpha value is -2.62. The molecule has 2 N–H and O–H groups in total. The first-order valence-corrected chi connectivity index (χ1v) is 12.3. The Morgan fingerprint density at radius 1 is 1.21 bits per heavy atom. The lowest BCUT2D eigenvalue weighted by Gasteiger charge is -2.29. The van der Waals surface area contributed by atoms with Gasteiger partial charge in [0.2, 0.25) is 5.91 Å². The van der Waals surface area contributed by atoms with Crippen LogP contribution in [0.1, 0.15) is 31.7 Å². The second-order valence-corrected chi connectivity index (χ2v) is 9.55. The van der Waals surface area contributed by atoms with Crippen molar-refractivity contribution in [2.24, 2.45) is 4.99 Å². The quantitative estimate of drug-likeness (QED) is 0.624. The van der Waals surface area contributed by atoms with Gasteiger partial charge in [0.25, 0.3) is 0 Å². The molecule has 33 heavy (non-hydrogen) atoms. The van der Waals surface area contributed by atoms with Crippen LogP contribution in [0.3, 0.4) is 0 Å². The summed E-state index contributed by atoms with van der Waals surface area (Å²) in [5.74, 6) is 1.42. The molecule has 4 heterocycles. The average molecular weight is 467 g/mol. The summed E-state index contributed by atoms with van der Waals surface area (Å²) in [4.78, 5) is 24.7. The Morgan fingerprint density at radius 3 is 2.79 bits per heavy atom. The number of aromatic nitrogens is 1. The van der Waals surface area contributed by atoms with Gasteiger partial charge in [-0.1, -0.05) is 0 Å². The number of anilines is 1. The summed E-state index contributed by atoms with van der Waals surface area (Å²) in [6.07, 6.45) is 6.96. The van der Waals surface area contributed by atoms with Crippen molar-refractivity contribution < 1.29 is 9.53 Å². The number of allylic oxidation sites excluding steroid dienone is 3. The van der Waals surface area contributed by atoms with Crippen molar-refractivity contribution in [3.8, 4) is 0 Å². The maximum absolute atomic E-state index is 11.6. The highest BCUT2D eigenvalue weighted by Gasteiger charge is 2.35. The summed E-state index contributed by atoms with van der Waals surface area (Å²) >= 11 is 1.81. The Bertz CT molecular complexity index is 1050. The van der Waals surface area contributed by atoms with E-state index in [1.54, 1.807) is 0 Å². The molecule has 0 radical (unpaired) electrons. The van der Waals surface area contributed by atoms with Gasteiger partial charge in [0.15, 0.2) is 0 Å². The SMILES string of the molecule is CNc1ccc(C2=C3CCCC4=NC(NC(C)=O)=CC4=C3N(CCN3CCOCC3)S2)cn1. The molecular formula is C24H30N6O2S. The Morgan fingerprint density at radius 2 is 2.06 bits per heavy atom. The number of carbonyl (C=O) groups excluding carboxylic acids is 1. The summed E-state index contributed by atoms with van der Waals surface area (Å²) < 4.78 is 7.95. The van der Waals surface area contributed by atoms with Crippen LogP contribution in [0, 0.1) is 0 Å². The van der Waals surface area contributed by atoms with Crippen molar-refractivity contribution in [3.63, 3.8) is 0 Å². The van der Waals surface area contributed by atoms with Gasteiger partial charge >= 0.3 is 0 Å². The molecule has 8 nitrogen and oxygen atoms in total. The topological polar surface area (TPSA) is 82.1 Å². The fourth-order valence-corrected chi connectivity index (χ4v) is 5.87. The first-order chi connectivity index (χ1) is 16.1. The molecule has 0 spiro atoms. The van der Waals surface area contributed by atoms with Crippen LogP contribution in [0.25, 0.3) is 4.91 Å². The number of fused-ring (bicyclic) bond motifs is 2. The minimum absolute atomic E-state index is 0.0928. The number of amides is 1. The standard InChI is InChI=1S/C24H30N6O2S/c1-16(31)27-22-14-19-20(28-22)5-3-4-18-23(19)30(9-8-29-10-12-32-13-11-29)33-24(18)17-6-7-21(25-2)26-15-17/h6-7,14-15H,3-5,8-13H2,1-2H3,(H,25,26)(H,27,31). The number of morpholine rings is 1. The van der Waals surface area contributed by atoms with Gasteiger partial charge in [0.1, 0.15) is 11.6 Å². The lowest BCUT2D eigenvalue weighted by Crippen LogP contribution is -2.40. The molecule has 1 aromatic heterocycles. The summed E-state index contributed by atoms with van der Waals surface area (Å²) in [6, 6.07) is 4.18. The molecule has 1 aromatic rings. The highest BCUT2D eigenvalue weighted by atomic mass is 32.2. The Kier molecular flexibility index (Phi) is 6.52. The molecule has 1 amide bonds. The van der Waals surface area contributed by atoms with Crippen LogP contribution in [0.2, 0.25) is 0 Å². The average Bonchev–Trinajstić information content (AvgIpc) is 3.33. The Balaban J connectivity index is 1.51. The predicted molar refractivity (Wildman–Crippen MR) is 132 cm³/mol. The molecular weight excluding hydrogens is 436 g/mol. The number of pyridine rings is 1. The molecule has 1 aliphatic carbocycles. The zero-order valence-corrected chi connectivity index (χ0v) is 20.0. The van der Waals surface area contributed by atoms with E-state index in [-0.39, 0.29) is 5.91 Å². The monoisotopic (exact) mass is 466 g/mol. The van der Waals surface area contributed by atoms with Gasteiger partial charge in [-0.05, 0) is 55.0 Å². The van der Waals surface area contributed by atoms with Crippen LogP contribution in [0.4, 0.5) is 5.82 Å². The van der Waals surface area contributed by atoms with Crippen molar-refractivity contribution >= 4 is 34.3 Å². The van der Waals surface area contributed by atoms with E-state index in [0.717, 1.165) is 81.3 Å². The van der Waals surface area contributed by atoms with E-state index in [1.165, 1.54) is 23.1 Å². The summed E-state index contributed by atoms with van der Waals surface area (Å²) in [5.41, 5.74) is 5.98. The first-order valence-electron chi connectivity index (χ1n) is 11.6. The predicted octanol–water partition coefficient (Wildman–Crippen LogP) is 3.00.